The molecule has 0 spiro atoms. The SMILES string of the molecule is CCN1C(=O)[C@H]2[C@@H](c3cccs3)[NH2+][C@@](CCSC)(C(=O)OC)[C@@H]2C1=O. The van der Waals surface area contributed by atoms with Crippen molar-refractivity contribution in [3.05, 3.63) is 22.4 Å². The molecule has 3 rings (SSSR count). The number of quaternary nitrogens is 1. The van der Waals surface area contributed by atoms with Gasteiger partial charge in [-0.3, -0.25) is 14.5 Å². The summed E-state index contributed by atoms with van der Waals surface area (Å²) in [6, 6.07) is 3.68. The zero-order valence-corrected chi connectivity index (χ0v) is 16.2. The Hall–Kier alpha value is -1.38. The molecule has 6 nitrogen and oxygen atoms in total. The van der Waals surface area contributed by atoms with Gasteiger partial charge in [-0.1, -0.05) is 6.07 Å². The number of esters is 1. The van der Waals surface area contributed by atoms with Crippen LogP contribution >= 0.6 is 23.1 Å². The smallest absolute Gasteiger partial charge is 0.368 e. The Morgan fingerprint density at radius 3 is 2.76 bits per heavy atom. The molecule has 0 saturated carbocycles. The largest absolute Gasteiger partial charge is 0.464 e. The van der Waals surface area contributed by atoms with Crippen molar-refractivity contribution >= 4 is 40.9 Å². The number of carbonyl (C=O) groups excluding carboxylic acids is 3. The summed E-state index contributed by atoms with van der Waals surface area (Å²) in [4.78, 5) is 41.1. The first-order valence-electron chi connectivity index (χ1n) is 8.33. The van der Waals surface area contributed by atoms with E-state index in [9.17, 15) is 14.4 Å². The number of amides is 2. The number of hydrogen-bond donors (Lipinski definition) is 1. The number of hydrogen-bond acceptors (Lipinski definition) is 6. The van der Waals surface area contributed by atoms with Crippen molar-refractivity contribution in [1.29, 1.82) is 0 Å². The highest BCUT2D eigenvalue weighted by molar-refractivity contribution is 7.98. The average molecular weight is 384 g/mol. The third-order valence-corrected chi connectivity index (χ3v) is 6.92. The van der Waals surface area contributed by atoms with Crippen molar-refractivity contribution in [2.75, 3.05) is 25.7 Å². The van der Waals surface area contributed by atoms with Crippen LogP contribution < -0.4 is 5.32 Å². The van der Waals surface area contributed by atoms with Gasteiger partial charge in [-0.05, 0) is 30.4 Å². The van der Waals surface area contributed by atoms with E-state index in [1.165, 1.54) is 12.0 Å². The number of fused-ring (bicyclic) bond motifs is 1. The molecule has 1 aromatic heterocycles. The van der Waals surface area contributed by atoms with Gasteiger partial charge in [0.1, 0.15) is 17.9 Å². The summed E-state index contributed by atoms with van der Waals surface area (Å²) in [7, 11) is 1.35. The third-order valence-electron chi connectivity index (χ3n) is 5.33. The van der Waals surface area contributed by atoms with Crippen molar-refractivity contribution in [3.8, 4) is 0 Å². The van der Waals surface area contributed by atoms with Crippen molar-refractivity contribution in [3.63, 3.8) is 0 Å². The lowest BCUT2D eigenvalue weighted by Gasteiger charge is -2.28. The first-order chi connectivity index (χ1) is 12.0. The van der Waals surface area contributed by atoms with Gasteiger partial charge in [0.2, 0.25) is 17.4 Å². The second-order valence-electron chi connectivity index (χ2n) is 6.41. The number of likely N-dealkylation sites (tertiary alicyclic amines) is 1. The standard InChI is InChI=1S/C17H22N2O4S2/c1-4-19-14(20)11-12(15(19)21)17(7-9-24-3,16(22)23-2)18-13(11)10-6-5-8-25-10/h5-6,8,11-13,18H,4,7,9H2,1-3H3/p+1/t11-,12+,13-,17-/m1/s1. The van der Waals surface area contributed by atoms with Crippen molar-refractivity contribution in [2.45, 2.75) is 24.9 Å². The molecular weight excluding hydrogens is 360 g/mol. The molecule has 25 heavy (non-hydrogen) atoms. The maximum atomic E-state index is 13.0. The maximum Gasteiger partial charge on any atom is 0.368 e. The van der Waals surface area contributed by atoms with Crippen LogP contribution in [0.4, 0.5) is 0 Å². The second-order valence-corrected chi connectivity index (χ2v) is 8.37. The lowest BCUT2D eigenvalue weighted by Crippen LogP contribution is -2.98. The molecule has 4 atom stereocenters. The van der Waals surface area contributed by atoms with E-state index in [-0.39, 0.29) is 17.9 Å². The molecule has 2 amide bonds. The fraction of sp³-hybridized carbons (Fsp3) is 0.588. The summed E-state index contributed by atoms with van der Waals surface area (Å²) in [5, 5.41) is 3.88. The molecule has 2 saturated heterocycles. The number of imide groups is 1. The molecule has 0 aliphatic carbocycles. The van der Waals surface area contributed by atoms with Crippen molar-refractivity contribution in [1.82, 2.24) is 4.90 Å². The van der Waals surface area contributed by atoms with Crippen LogP contribution in [0, 0.1) is 11.8 Å². The lowest BCUT2D eigenvalue weighted by molar-refractivity contribution is -0.734. The van der Waals surface area contributed by atoms with Gasteiger partial charge in [0.05, 0.1) is 12.0 Å². The van der Waals surface area contributed by atoms with Gasteiger partial charge in [-0.15, -0.1) is 11.3 Å². The number of ether oxygens (including phenoxy) is 1. The van der Waals surface area contributed by atoms with E-state index < -0.39 is 23.3 Å². The monoisotopic (exact) mass is 383 g/mol. The summed E-state index contributed by atoms with van der Waals surface area (Å²) < 4.78 is 5.10. The van der Waals surface area contributed by atoms with E-state index >= 15 is 0 Å². The van der Waals surface area contributed by atoms with E-state index in [0.717, 1.165) is 10.6 Å². The molecule has 1 aromatic rings. The lowest BCUT2D eigenvalue weighted by atomic mass is 9.78. The Labute approximate surface area is 155 Å². The molecule has 2 fully saturated rings. The molecule has 0 radical (unpaired) electrons. The zero-order chi connectivity index (χ0) is 18.2. The second kappa shape index (κ2) is 7.09. The van der Waals surface area contributed by atoms with E-state index in [2.05, 4.69) is 0 Å². The minimum Gasteiger partial charge on any atom is -0.464 e. The highest BCUT2D eigenvalue weighted by Gasteiger charge is 2.72. The summed E-state index contributed by atoms with van der Waals surface area (Å²) in [6.07, 6.45) is 2.47. The number of nitrogens with two attached hydrogens (primary N) is 1. The average Bonchev–Trinajstić information content (AvgIpc) is 3.30. The summed E-state index contributed by atoms with van der Waals surface area (Å²) >= 11 is 3.18. The van der Waals surface area contributed by atoms with Gasteiger partial charge in [-0.25, -0.2) is 4.79 Å². The molecule has 3 heterocycles. The number of carbonyl (C=O) groups is 3. The fourth-order valence-corrected chi connectivity index (χ4v) is 5.62. The van der Waals surface area contributed by atoms with Crippen LogP contribution in [0.15, 0.2) is 17.5 Å². The Bertz CT molecular complexity index is 678. The van der Waals surface area contributed by atoms with E-state index in [1.54, 1.807) is 30.0 Å². The van der Waals surface area contributed by atoms with Crippen LogP contribution in [0.1, 0.15) is 24.3 Å². The van der Waals surface area contributed by atoms with E-state index in [0.29, 0.717) is 13.0 Å². The topological polar surface area (TPSA) is 80.3 Å². The Morgan fingerprint density at radius 1 is 1.44 bits per heavy atom. The fourth-order valence-electron chi connectivity index (χ4n) is 4.23. The zero-order valence-electron chi connectivity index (χ0n) is 14.6. The molecule has 2 N–H and O–H groups in total. The van der Waals surface area contributed by atoms with Gasteiger partial charge in [0, 0.05) is 13.0 Å². The normalized spacial score (nSPS) is 31.5. The first-order valence-corrected chi connectivity index (χ1v) is 10.6. The van der Waals surface area contributed by atoms with Crippen LogP contribution in [0.3, 0.4) is 0 Å². The predicted molar refractivity (Wildman–Crippen MR) is 96.1 cm³/mol. The van der Waals surface area contributed by atoms with Crippen LogP contribution in [-0.4, -0.2) is 53.9 Å². The van der Waals surface area contributed by atoms with Crippen LogP contribution in [-0.2, 0) is 19.1 Å². The van der Waals surface area contributed by atoms with Crippen LogP contribution in [0.5, 0.6) is 0 Å². The predicted octanol–water partition coefficient (Wildman–Crippen LogP) is 0.652. The number of nitrogens with zero attached hydrogens (tertiary/aromatic N) is 1. The molecular formula is C17H23N2O4S2+. The van der Waals surface area contributed by atoms with Gasteiger partial charge < -0.3 is 10.1 Å². The van der Waals surface area contributed by atoms with Crippen molar-refractivity contribution in [2.24, 2.45) is 11.8 Å². The number of methoxy groups -OCH3 is 1. The molecule has 0 unspecified atom stereocenters. The highest BCUT2D eigenvalue weighted by Crippen LogP contribution is 2.46. The van der Waals surface area contributed by atoms with Crippen molar-refractivity contribution < 1.29 is 24.4 Å². The maximum absolute atomic E-state index is 13.0. The molecule has 0 aromatic carbocycles. The van der Waals surface area contributed by atoms with E-state index in [4.69, 9.17) is 4.74 Å². The van der Waals surface area contributed by atoms with Crippen LogP contribution in [0.25, 0.3) is 0 Å². The summed E-state index contributed by atoms with van der Waals surface area (Å²) in [5.74, 6) is -1.26. The van der Waals surface area contributed by atoms with Crippen LogP contribution in [0.2, 0.25) is 0 Å². The number of rotatable bonds is 6. The Morgan fingerprint density at radius 2 is 2.20 bits per heavy atom. The quantitative estimate of drug-likeness (QED) is 0.576. The summed E-state index contributed by atoms with van der Waals surface area (Å²) in [5.41, 5.74) is -1.03. The van der Waals surface area contributed by atoms with Gasteiger partial charge in [0.25, 0.3) is 0 Å². The minimum atomic E-state index is -1.03. The molecule has 2 aliphatic heterocycles. The Kier molecular flexibility index (Phi) is 5.22. The first kappa shape index (κ1) is 18.4. The molecule has 0 bridgehead atoms. The van der Waals surface area contributed by atoms with Gasteiger partial charge in [-0.2, -0.15) is 11.8 Å². The molecule has 8 heteroatoms. The van der Waals surface area contributed by atoms with E-state index in [1.807, 2.05) is 29.1 Å². The molecule has 2 aliphatic rings. The Balaban J connectivity index is 2.11. The van der Waals surface area contributed by atoms with Gasteiger partial charge in [0.15, 0.2) is 0 Å². The van der Waals surface area contributed by atoms with Gasteiger partial charge >= 0.3 is 5.97 Å². The molecule has 136 valence electrons. The third kappa shape index (κ3) is 2.71. The minimum absolute atomic E-state index is 0.165. The number of thioether (sulfide) groups is 1. The summed E-state index contributed by atoms with van der Waals surface area (Å²) in [6.45, 7) is 2.13. The number of thiophene rings is 1. The highest BCUT2D eigenvalue weighted by atomic mass is 32.2.